The molecule has 0 fully saturated rings. The molecule has 0 aromatic rings. The molecule has 0 bridgehead atoms. The molecule has 0 spiro atoms. The quantitative estimate of drug-likeness (QED) is 0.0304. The van der Waals surface area contributed by atoms with E-state index in [1.54, 1.807) is 0 Å². The topological polar surface area (TPSA) is 273 Å². The number of aliphatic hydroxyl groups is 6. The minimum absolute atomic E-state index is 0.0145. The number of nitrogens with zero attached hydrogens (tertiary/aromatic N) is 1. The summed E-state index contributed by atoms with van der Waals surface area (Å²) in [5.74, 6) is -0.885. The average Bonchev–Trinajstić information content (AvgIpc) is 3.22. The van der Waals surface area contributed by atoms with Gasteiger partial charge in [0.1, 0.15) is 12.2 Å². The van der Waals surface area contributed by atoms with Gasteiger partial charge >= 0.3 is 5.97 Å². The lowest BCUT2D eigenvalue weighted by Gasteiger charge is -2.26. The first kappa shape index (κ1) is 56.7. The van der Waals surface area contributed by atoms with Crippen molar-refractivity contribution in [1.82, 2.24) is 4.90 Å². The van der Waals surface area contributed by atoms with Crippen molar-refractivity contribution in [3.05, 3.63) is 0 Å². The van der Waals surface area contributed by atoms with E-state index in [2.05, 4.69) is 0 Å². The number of carbonyl (C=O) groups is 1. The molecule has 0 saturated heterocycles. The monoisotopic (exact) mass is 853 g/mol. The Morgan fingerprint density at radius 3 is 0.793 bits per heavy atom. The fraction of sp³-hybridized carbons (Fsp3) is 0.973. The highest BCUT2D eigenvalue weighted by atomic mass is 16.6. The molecule has 0 saturated carbocycles. The van der Waals surface area contributed by atoms with Crippen molar-refractivity contribution in [2.75, 3.05) is 191 Å². The Morgan fingerprint density at radius 2 is 0.569 bits per heavy atom. The molecule has 4 atom stereocenters. The average molecular weight is 854 g/mol. The molecule has 0 aromatic carbocycles. The molecule has 7 N–H and O–H groups in total. The number of hydrogen-bond donors (Lipinski definition) is 7. The zero-order chi connectivity index (χ0) is 42.6. The Hall–Kier alpha value is -1.29. The van der Waals surface area contributed by atoms with Gasteiger partial charge in [-0.3, -0.25) is 4.79 Å². The minimum atomic E-state index is -1.24. The van der Waals surface area contributed by atoms with Gasteiger partial charge in [0, 0.05) is 19.6 Å². The van der Waals surface area contributed by atoms with Gasteiger partial charge in [0.25, 0.3) is 0 Å². The van der Waals surface area contributed by atoms with Crippen LogP contribution >= 0.6 is 0 Å². The first-order valence-corrected chi connectivity index (χ1v) is 20.1. The molecule has 0 heterocycles. The molecule has 21 heteroatoms. The second-order valence-electron chi connectivity index (χ2n) is 12.5. The minimum Gasteiger partial charge on any atom is -0.481 e. The Labute approximate surface area is 343 Å². The van der Waals surface area contributed by atoms with E-state index in [0.29, 0.717) is 172 Å². The van der Waals surface area contributed by atoms with Crippen LogP contribution in [0.2, 0.25) is 0 Å². The fourth-order valence-electron chi connectivity index (χ4n) is 4.47. The van der Waals surface area contributed by atoms with Crippen LogP contribution in [-0.2, 0) is 61.6 Å². The standard InChI is InChI=1S/C37H75NO20/c39-31-35(43)33(41)1-4-38(5-2-34(42)36(44)32-40)6-8-48-10-12-50-14-16-52-18-20-54-22-24-56-26-28-58-30-29-57-27-25-55-23-21-53-19-17-51-15-13-49-11-9-47-7-3-37(45)46/h33-36,39-44H,1-32H2,(H,45,46)/t33-,34-,35+,36+/m1/s1. The highest BCUT2D eigenvalue weighted by molar-refractivity contribution is 5.66. The van der Waals surface area contributed by atoms with Gasteiger partial charge < -0.3 is 97.5 Å². The summed E-state index contributed by atoms with van der Waals surface area (Å²) >= 11 is 0. The van der Waals surface area contributed by atoms with Gasteiger partial charge in [0.15, 0.2) is 0 Å². The van der Waals surface area contributed by atoms with Crippen LogP contribution in [0.1, 0.15) is 19.3 Å². The molecule has 0 aliphatic rings. The lowest BCUT2D eigenvalue weighted by atomic mass is 10.1. The summed E-state index contributed by atoms with van der Waals surface area (Å²) < 4.78 is 65.2. The van der Waals surface area contributed by atoms with Crippen molar-refractivity contribution in [3.63, 3.8) is 0 Å². The number of ether oxygens (including phenoxy) is 12. The number of rotatable bonds is 49. The number of aliphatic carboxylic acids is 1. The SMILES string of the molecule is O=C(O)CCOCCOCCOCCOCCOCCOCCOCCOCCOCCOCCOCCOCCN(CC[C@@H](O)[C@@H](O)CO)CC[C@@H](O)[C@@H](O)CO. The molecule has 58 heavy (non-hydrogen) atoms. The van der Waals surface area contributed by atoms with Crippen molar-refractivity contribution in [2.24, 2.45) is 0 Å². The molecule has 21 nitrogen and oxygen atoms in total. The zero-order valence-electron chi connectivity index (χ0n) is 34.3. The molecule has 0 aliphatic heterocycles. The summed E-state index contributed by atoms with van der Waals surface area (Å²) in [7, 11) is 0. The second-order valence-corrected chi connectivity index (χ2v) is 12.5. The van der Waals surface area contributed by atoms with Gasteiger partial charge in [-0.25, -0.2) is 0 Å². The predicted octanol–water partition coefficient (Wildman–Crippen LogP) is -2.83. The van der Waals surface area contributed by atoms with Crippen LogP contribution < -0.4 is 0 Å². The highest BCUT2D eigenvalue weighted by Gasteiger charge is 2.19. The maximum absolute atomic E-state index is 10.4. The van der Waals surface area contributed by atoms with Crippen molar-refractivity contribution in [1.29, 1.82) is 0 Å². The van der Waals surface area contributed by atoms with E-state index in [-0.39, 0.29) is 25.9 Å². The maximum atomic E-state index is 10.4. The molecule has 0 radical (unpaired) electrons. The molecule has 348 valence electrons. The Balaban J connectivity index is 3.39. The van der Waals surface area contributed by atoms with Crippen LogP contribution in [-0.4, -0.2) is 262 Å². The van der Waals surface area contributed by atoms with Crippen LogP contribution in [0.15, 0.2) is 0 Å². The lowest BCUT2D eigenvalue weighted by Crippen LogP contribution is -2.38. The van der Waals surface area contributed by atoms with E-state index in [0.717, 1.165) is 0 Å². The van der Waals surface area contributed by atoms with Gasteiger partial charge in [-0.15, -0.1) is 0 Å². The van der Waals surface area contributed by atoms with Gasteiger partial charge in [0.2, 0.25) is 0 Å². The third kappa shape index (κ3) is 41.4. The van der Waals surface area contributed by atoms with E-state index >= 15 is 0 Å². The Morgan fingerprint density at radius 1 is 0.345 bits per heavy atom. The fourth-order valence-corrected chi connectivity index (χ4v) is 4.47. The maximum Gasteiger partial charge on any atom is 0.305 e. The van der Waals surface area contributed by atoms with Gasteiger partial charge in [-0.1, -0.05) is 0 Å². The van der Waals surface area contributed by atoms with E-state index in [9.17, 15) is 25.2 Å². The van der Waals surface area contributed by atoms with Crippen molar-refractivity contribution < 1.29 is 97.4 Å². The van der Waals surface area contributed by atoms with Crippen molar-refractivity contribution >= 4 is 5.97 Å². The van der Waals surface area contributed by atoms with Crippen LogP contribution in [0.5, 0.6) is 0 Å². The number of carboxylic acids is 1. The van der Waals surface area contributed by atoms with Crippen molar-refractivity contribution in [2.45, 2.75) is 43.7 Å². The van der Waals surface area contributed by atoms with E-state index in [1.165, 1.54) is 0 Å². The second kappa shape index (κ2) is 45.2. The summed E-state index contributed by atoms with van der Waals surface area (Å²) in [5.41, 5.74) is 0. The van der Waals surface area contributed by atoms with E-state index in [4.69, 9.17) is 72.2 Å². The van der Waals surface area contributed by atoms with Crippen molar-refractivity contribution in [3.8, 4) is 0 Å². The van der Waals surface area contributed by atoms with Crippen LogP contribution in [0.4, 0.5) is 0 Å². The van der Waals surface area contributed by atoms with Gasteiger partial charge in [-0.05, 0) is 12.8 Å². The predicted molar refractivity (Wildman–Crippen MR) is 206 cm³/mol. The molecular weight excluding hydrogens is 778 g/mol. The summed E-state index contributed by atoms with van der Waals surface area (Å²) in [6, 6.07) is 0. The van der Waals surface area contributed by atoms with Gasteiger partial charge in [-0.2, -0.15) is 0 Å². The number of carboxylic acid groups (broad SMARTS) is 1. The third-order valence-corrected chi connectivity index (χ3v) is 7.85. The summed E-state index contributed by atoms with van der Waals surface area (Å²) in [4.78, 5) is 12.3. The third-order valence-electron chi connectivity index (χ3n) is 7.85. The molecule has 0 rings (SSSR count). The first-order chi connectivity index (χ1) is 28.3. The van der Waals surface area contributed by atoms with E-state index < -0.39 is 43.6 Å². The molecule has 0 unspecified atom stereocenters. The van der Waals surface area contributed by atoms with E-state index in [1.807, 2.05) is 4.90 Å². The summed E-state index contributed by atoms with van der Waals surface area (Å²) in [6.07, 6.45) is -4.28. The van der Waals surface area contributed by atoms with Crippen LogP contribution in [0.3, 0.4) is 0 Å². The largest absolute Gasteiger partial charge is 0.481 e. The highest BCUT2D eigenvalue weighted by Crippen LogP contribution is 2.06. The first-order valence-electron chi connectivity index (χ1n) is 20.1. The lowest BCUT2D eigenvalue weighted by molar-refractivity contribution is -0.138. The normalized spacial score (nSPS) is 14.0. The molecule has 0 amide bonds. The van der Waals surface area contributed by atoms with Crippen LogP contribution in [0, 0.1) is 0 Å². The van der Waals surface area contributed by atoms with Crippen LogP contribution in [0.25, 0.3) is 0 Å². The number of hydrogen-bond acceptors (Lipinski definition) is 20. The molecule has 0 aliphatic carbocycles. The Bertz CT molecular complexity index is 819. The smallest absolute Gasteiger partial charge is 0.305 e. The molecule has 0 aromatic heterocycles. The summed E-state index contributed by atoms with van der Waals surface area (Å²) in [6.45, 7) is 10.2. The Kier molecular flexibility index (Phi) is 44.2. The zero-order valence-corrected chi connectivity index (χ0v) is 34.3. The molecular formula is C37H75NO20. The summed E-state index contributed by atoms with van der Waals surface area (Å²) in [5, 5.41) is 65.5. The number of aliphatic hydroxyl groups excluding tert-OH is 6. The van der Waals surface area contributed by atoms with Gasteiger partial charge in [0.05, 0.1) is 190 Å².